The summed E-state index contributed by atoms with van der Waals surface area (Å²) in [4.78, 5) is 2.36. The van der Waals surface area contributed by atoms with Gasteiger partial charge >= 0.3 is 0 Å². The van der Waals surface area contributed by atoms with Gasteiger partial charge in [-0.1, -0.05) is 6.07 Å². The van der Waals surface area contributed by atoms with Crippen LogP contribution in [0.3, 0.4) is 0 Å². The molecule has 0 aliphatic heterocycles. The minimum atomic E-state index is -0.508. The Kier molecular flexibility index (Phi) is 5.48. The molecule has 0 spiro atoms. The Morgan fingerprint density at radius 3 is 2.38 bits per heavy atom. The van der Waals surface area contributed by atoms with Crippen LogP contribution in [0.25, 0.3) is 0 Å². The van der Waals surface area contributed by atoms with Crippen molar-refractivity contribution in [3.05, 3.63) is 23.8 Å². The van der Waals surface area contributed by atoms with E-state index in [0.717, 1.165) is 18.0 Å². The third kappa shape index (κ3) is 4.35. The molecule has 0 radical (unpaired) electrons. The maximum absolute atomic E-state index is 10.5. The van der Waals surface area contributed by atoms with Gasteiger partial charge in [0.05, 0.1) is 20.3 Å². The van der Waals surface area contributed by atoms with Gasteiger partial charge in [0.2, 0.25) is 0 Å². The van der Waals surface area contributed by atoms with Gasteiger partial charge in [-0.2, -0.15) is 0 Å². The Hall–Kier alpha value is -1.26. The Labute approximate surface area is 127 Å². The molecule has 1 atom stereocenters. The van der Waals surface area contributed by atoms with Gasteiger partial charge in [-0.05, 0) is 50.3 Å². The highest BCUT2D eigenvalue weighted by atomic mass is 16.5. The van der Waals surface area contributed by atoms with E-state index in [1.165, 1.54) is 12.8 Å². The van der Waals surface area contributed by atoms with Crippen molar-refractivity contribution in [2.75, 3.05) is 27.3 Å². The van der Waals surface area contributed by atoms with Crippen LogP contribution in [0.2, 0.25) is 0 Å². The average Bonchev–Trinajstić information content (AvgIpc) is 3.29. The van der Waals surface area contributed by atoms with Gasteiger partial charge in [0.1, 0.15) is 0 Å². The lowest BCUT2D eigenvalue weighted by molar-refractivity contribution is 0.0921. The number of aliphatic hydroxyl groups is 1. The predicted molar refractivity (Wildman–Crippen MR) is 83.9 cm³/mol. The van der Waals surface area contributed by atoms with Crippen molar-refractivity contribution in [1.29, 1.82) is 0 Å². The fourth-order valence-electron chi connectivity index (χ4n) is 2.52. The van der Waals surface area contributed by atoms with Crippen LogP contribution >= 0.6 is 0 Å². The second kappa shape index (κ2) is 7.14. The molecular formula is C17H27NO3. The molecule has 1 N–H and O–H groups in total. The van der Waals surface area contributed by atoms with Crippen LogP contribution < -0.4 is 9.47 Å². The first-order valence-corrected chi connectivity index (χ1v) is 7.69. The standard InChI is InChI=1S/C17H27NO3/c1-12(2)18(10-13-5-6-13)11-15(19)14-7-8-16(20-3)17(9-14)21-4/h7-9,12-13,15,19H,5-6,10-11H2,1-4H3. The molecule has 1 unspecified atom stereocenters. The Balaban J connectivity index is 2.05. The molecule has 4 heteroatoms. The number of hydrogen-bond donors (Lipinski definition) is 1. The highest BCUT2D eigenvalue weighted by molar-refractivity contribution is 5.43. The SMILES string of the molecule is COc1ccc(C(O)CN(CC2CC2)C(C)C)cc1OC. The topological polar surface area (TPSA) is 41.9 Å². The van der Waals surface area contributed by atoms with Crippen molar-refractivity contribution in [3.8, 4) is 11.5 Å². The summed E-state index contributed by atoms with van der Waals surface area (Å²) >= 11 is 0. The van der Waals surface area contributed by atoms with Crippen molar-refractivity contribution in [1.82, 2.24) is 4.90 Å². The van der Waals surface area contributed by atoms with Gasteiger partial charge in [-0.25, -0.2) is 0 Å². The summed E-state index contributed by atoms with van der Waals surface area (Å²) in [5.41, 5.74) is 0.870. The van der Waals surface area contributed by atoms with Crippen LogP contribution in [-0.2, 0) is 0 Å². The normalized spacial score (nSPS) is 16.3. The van der Waals surface area contributed by atoms with Gasteiger partial charge in [0, 0.05) is 19.1 Å². The molecule has 1 aromatic rings. The zero-order chi connectivity index (χ0) is 15.4. The van der Waals surface area contributed by atoms with E-state index in [1.54, 1.807) is 14.2 Å². The summed E-state index contributed by atoms with van der Waals surface area (Å²) in [6, 6.07) is 6.05. The fourth-order valence-corrected chi connectivity index (χ4v) is 2.52. The molecule has 1 aromatic carbocycles. The third-order valence-corrected chi connectivity index (χ3v) is 4.12. The van der Waals surface area contributed by atoms with E-state index < -0.39 is 6.10 Å². The van der Waals surface area contributed by atoms with Crippen LogP contribution in [-0.4, -0.2) is 43.4 Å². The largest absolute Gasteiger partial charge is 0.493 e. The maximum atomic E-state index is 10.5. The molecule has 4 nitrogen and oxygen atoms in total. The average molecular weight is 293 g/mol. The summed E-state index contributed by atoms with van der Waals surface area (Å²) in [7, 11) is 3.23. The summed E-state index contributed by atoms with van der Waals surface area (Å²) in [6.45, 7) is 6.11. The van der Waals surface area contributed by atoms with E-state index >= 15 is 0 Å². The van der Waals surface area contributed by atoms with E-state index in [1.807, 2.05) is 18.2 Å². The number of aliphatic hydroxyl groups excluding tert-OH is 1. The van der Waals surface area contributed by atoms with Gasteiger partial charge in [-0.3, -0.25) is 4.90 Å². The first-order valence-electron chi connectivity index (χ1n) is 7.69. The monoisotopic (exact) mass is 293 g/mol. The predicted octanol–water partition coefficient (Wildman–Crippen LogP) is 2.86. The lowest BCUT2D eigenvalue weighted by Crippen LogP contribution is -2.36. The van der Waals surface area contributed by atoms with Crippen LogP contribution in [0.1, 0.15) is 38.4 Å². The molecule has 118 valence electrons. The second-order valence-electron chi connectivity index (χ2n) is 6.12. The first-order chi connectivity index (χ1) is 10.0. The first kappa shape index (κ1) is 16.1. The van der Waals surface area contributed by atoms with Gasteiger partial charge in [-0.15, -0.1) is 0 Å². The van der Waals surface area contributed by atoms with E-state index in [2.05, 4.69) is 18.7 Å². The van der Waals surface area contributed by atoms with Crippen molar-refractivity contribution in [2.45, 2.75) is 38.8 Å². The third-order valence-electron chi connectivity index (χ3n) is 4.12. The fraction of sp³-hybridized carbons (Fsp3) is 0.647. The minimum absolute atomic E-state index is 0.445. The Morgan fingerprint density at radius 2 is 1.86 bits per heavy atom. The van der Waals surface area contributed by atoms with Crippen LogP contribution in [0, 0.1) is 5.92 Å². The molecular weight excluding hydrogens is 266 g/mol. The number of ether oxygens (including phenoxy) is 2. The molecule has 0 heterocycles. The summed E-state index contributed by atoms with van der Waals surface area (Å²) in [5, 5.41) is 10.5. The van der Waals surface area contributed by atoms with Crippen LogP contribution in [0.4, 0.5) is 0 Å². The highest BCUT2D eigenvalue weighted by Gasteiger charge is 2.27. The Bertz CT molecular complexity index is 457. The van der Waals surface area contributed by atoms with Crippen molar-refractivity contribution in [3.63, 3.8) is 0 Å². The molecule has 0 aromatic heterocycles. The lowest BCUT2D eigenvalue weighted by Gasteiger charge is -2.29. The van der Waals surface area contributed by atoms with Gasteiger partial charge in [0.25, 0.3) is 0 Å². The Morgan fingerprint density at radius 1 is 1.19 bits per heavy atom. The van der Waals surface area contributed by atoms with E-state index in [9.17, 15) is 5.11 Å². The summed E-state index contributed by atoms with van der Waals surface area (Å²) in [5.74, 6) is 2.17. The number of benzene rings is 1. The number of rotatable bonds is 8. The molecule has 0 bridgehead atoms. The molecule has 1 aliphatic rings. The van der Waals surface area contributed by atoms with E-state index in [4.69, 9.17) is 9.47 Å². The summed E-state index contributed by atoms with van der Waals surface area (Å²) < 4.78 is 10.5. The number of hydrogen-bond acceptors (Lipinski definition) is 4. The van der Waals surface area contributed by atoms with E-state index in [0.29, 0.717) is 24.1 Å². The molecule has 1 aliphatic carbocycles. The number of methoxy groups -OCH3 is 2. The van der Waals surface area contributed by atoms with Crippen LogP contribution in [0.15, 0.2) is 18.2 Å². The zero-order valence-electron chi connectivity index (χ0n) is 13.5. The second-order valence-corrected chi connectivity index (χ2v) is 6.12. The van der Waals surface area contributed by atoms with Crippen LogP contribution in [0.5, 0.6) is 11.5 Å². The van der Waals surface area contributed by atoms with Crippen molar-refractivity contribution < 1.29 is 14.6 Å². The van der Waals surface area contributed by atoms with Gasteiger partial charge in [0.15, 0.2) is 11.5 Å². The molecule has 0 amide bonds. The number of nitrogens with zero attached hydrogens (tertiary/aromatic N) is 1. The highest BCUT2D eigenvalue weighted by Crippen LogP contribution is 2.32. The molecule has 0 saturated heterocycles. The molecule has 2 rings (SSSR count). The molecule has 21 heavy (non-hydrogen) atoms. The van der Waals surface area contributed by atoms with Crippen molar-refractivity contribution in [2.24, 2.45) is 5.92 Å². The molecule has 1 fully saturated rings. The van der Waals surface area contributed by atoms with Gasteiger partial charge < -0.3 is 14.6 Å². The minimum Gasteiger partial charge on any atom is -0.493 e. The summed E-state index contributed by atoms with van der Waals surface area (Å²) in [6.07, 6.45) is 2.15. The maximum Gasteiger partial charge on any atom is 0.161 e. The zero-order valence-corrected chi connectivity index (χ0v) is 13.5. The smallest absolute Gasteiger partial charge is 0.161 e. The molecule has 1 saturated carbocycles. The van der Waals surface area contributed by atoms with Crippen molar-refractivity contribution >= 4 is 0 Å². The van der Waals surface area contributed by atoms with E-state index in [-0.39, 0.29) is 0 Å². The lowest BCUT2D eigenvalue weighted by atomic mass is 10.1. The quantitative estimate of drug-likeness (QED) is 0.800.